The number of carbonyl (C=O) groups excluding carboxylic acids is 1. The first kappa shape index (κ1) is 20.1. The van der Waals surface area contributed by atoms with E-state index in [1.165, 1.54) is 24.8 Å². The third-order valence-electron chi connectivity index (χ3n) is 6.26. The molecule has 2 aromatic rings. The van der Waals surface area contributed by atoms with Crippen LogP contribution in [0, 0.1) is 5.92 Å². The molecule has 0 bridgehead atoms. The summed E-state index contributed by atoms with van der Waals surface area (Å²) < 4.78 is 5.38. The second-order valence-corrected chi connectivity index (χ2v) is 8.41. The average molecular weight is 393 g/mol. The molecule has 0 spiro atoms. The van der Waals surface area contributed by atoms with E-state index in [4.69, 9.17) is 4.74 Å². The van der Waals surface area contributed by atoms with E-state index in [1.807, 2.05) is 18.2 Å². The molecule has 0 unspecified atom stereocenters. The topological polar surface area (TPSA) is 41.6 Å². The van der Waals surface area contributed by atoms with Crippen molar-refractivity contribution in [1.82, 2.24) is 10.2 Å². The number of rotatable bonds is 9. The Hall–Kier alpha value is -2.17. The standard InChI is InChI=1S/C25H32N2O2/c28-25(22-10-5-2-6-11-22)29-17-7-14-27-15-12-20(13-16-27)19-26-24-18-23(24)21-8-3-1-4-9-21/h1-6,8-11,20,23-24,26H,7,12-19H2/t23-,24+/m0/s1. The van der Waals surface area contributed by atoms with Crippen molar-refractivity contribution in [2.75, 3.05) is 32.8 Å². The lowest BCUT2D eigenvalue weighted by Crippen LogP contribution is -2.38. The van der Waals surface area contributed by atoms with E-state index in [0.29, 0.717) is 18.2 Å². The van der Waals surface area contributed by atoms with Crippen LogP contribution in [0.1, 0.15) is 47.5 Å². The lowest BCUT2D eigenvalue weighted by molar-refractivity contribution is 0.0482. The zero-order valence-corrected chi connectivity index (χ0v) is 17.1. The van der Waals surface area contributed by atoms with Crippen LogP contribution >= 0.6 is 0 Å². The molecule has 1 aliphatic heterocycles. The summed E-state index contributed by atoms with van der Waals surface area (Å²) >= 11 is 0. The number of hydrogen-bond donors (Lipinski definition) is 1. The van der Waals surface area contributed by atoms with Crippen LogP contribution in [0.4, 0.5) is 0 Å². The molecule has 1 N–H and O–H groups in total. The van der Waals surface area contributed by atoms with Gasteiger partial charge in [-0.2, -0.15) is 0 Å². The van der Waals surface area contributed by atoms with Gasteiger partial charge in [0.25, 0.3) is 0 Å². The molecular formula is C25H32N2O2. The first-order valence-electron chi connectivity index (χ1n) is 11.0. The first-order chi connectivity index (χ1) is 14.3. The summed E-state index contributed by atoms with van der Waals surface area (Å²) in [7, 11) is 0. The van der Waals surface area contributed by atoms with Crippen molar-refractivity contribution in [2.45, 2.75) is 37.6 Å². The monoisotopic (exact) mass is 392 g/mol. The summed E-state index contributed by atoms with van der Waals surface area (Å²) in [5.74, 6) is 1.29. The van der Waals surface area contributed by atoms with Gasteiger partial charge in [-0.1, -0.05) is 48.5 Å². The van der Waals surface area contributed by atoms with Crippen molar-refractivity contribution < 1.29 is 9.53 Å². The van der Waals surface area contributed by atoms with Gasteiger partial charge in [0.1, 0.15) is 0 Å². The van der Waals surface area contributed by atoms with E-state index in [1.54, 1.807) is 12.1 Å². The fraction of sp³-hybridized carbons (Fsp3) is 0.480. The molecule has 0 aromatic heterocycles. The van der Waals surface area contributed by atoms with Crippen molar-refractivity contribution >= 4 is 5.97 Å². The fourth-order valence-electron chi connectivity index (χ4n) is 4.33. The summed E-state index contributed by atoms with van der Waals surface area (Å²) in [5, 5.41) is 3.79. The third-order valence-corrected chi connectivity index (χ3v) is 6.26. The van der Waals surface area contributed by atoms with Crippen LogP contribution in [-0.4, -0.2) is 49.7 Å². The molecule has 2 aliphatic rings. The predicted octanol–water partition coefficient (Wildman–Crippen LogP) is 4.09. The van der Waals surface area contributed by atoms with Gasteiger partial charge in [-0.25, -0.2) is 4.79 Å². The molecule has 29 heavy (non-hydrogen) atoms. The zero-order chi connectivity index (χ0) is 19.9. The molecule has 2 fully saturated rings. The molecule has 1 heterocycles. The van der Waals surface area contributed by atoms with Crippen LogP contribution in [0.2, 0.25) is 0 Å². The Morgan fingerprint density at radius 3 is 2.41 bits per heavy atom. The van der Waals surface area contributed by atoms with Crippen LogP contribution in [0.5, 0.6) is 0 Å². The SMILES string of the molecule is O=C(OCCCN1CCC(CN[C@@H]2C[C@H]2c2ccccc2)CC1)c1ccccc1. The average Bonchev–Trinajstić information content (AvgIpc) is 3.57. The van der Waals surface area contributed by atoms with E-state index >= 15 is 0 Å². The minimum Gasteiger partial charge on any atom is -0.462 e. The predicted molar refractivity (Wildman–Crippen MR) is 116 cm³/mol. The maximum Gasteiger partial charge on any atom is 0.338 e. The third kappa shape index (κ3) is 5.91. The van der Waals surface area contributed by atoms with E-state index in [0.717, 1.165) is 44.4 Å². The number of likely N-dealkylation sites (tertiary alicyclic amines) is 1. The number of benzene rings is 2. The van der Waals surface area contributed by atoms with Crippen LogP contribution in [0.25, 0.3) is 0 Å². The Kier molecular flexibility index (Phi) is 6.96. The Bertz CT molecular complexity index is 757. The van der Waals surface area contributed by atoms with Gasteiger partial charge in [-0.15, -0.1) is 0 Å². The molecule has 1 saturated heterocycles. The molecule has 2 atom stereocenters. The summed E-state index contributed by atoms with van der Waals surface area (Å²) in [6, 6.07) is 20.8. The molecule has 154 valence electrons. The number of piperidine rings is 1. The van der Waals surface area contributed by atoms with Crippen molar-refractivity contribution in [3.63, 3.8) is 0 Å². The quantitative estimate of drug-likeness (QED) is 0.515. The van der Waals surface area contributed by atoms with Crippen molar-refractivity contribution in [3.8, 4) is 0 Å². The van der Waals surface area contributed by atoms with Gasteiger partial charge in [-0.3, -0.25) is 0 Å². The van der Waals surface area contributed by atoms with Crippen molar-refractivity contribution in [3.05, 3.63) is 71.8 Å². The number of ether oxygens (including phenoxy) is 1. The van der Waals surface area contributed by atoms with Gasteiger partial charge in [0.05, 0.1) is 12.2 Å². The molecule has 2 aromatic carbocycles. The molecule has 1 aliphatic carbocycles. The summed E-state index contributed by atoms with van der Waals surface area (Å²) in [5.41, 5.74) is 2.11. The van der Waals surface area contributed by atoms with E-state index in [9.17, 15) is 4.79 Å². The van der Waals surface area contributed by atoms with Gasteiger partial charge in [0.15, 0.2) is 0 Å². The van der Waals surface area contributed by atoms with Crippen LogP contribution < -0.4 is 5.32 Å². The number of nitrogens with one attached hydrogen (secondary N) is 1. The van der Waals surface area contributed by atoms with Gasteiger partial charge in [-0.05, 0) is 68.9 Å². The number of hydrogen-bond acceptors (Lipinski definition) is 4. The first-order valence-corrected chi connectivity index (χ1v) is 11.0. The normalized spacial score (nSPS) is 22.3. The lowest BCUT2D eigenvalue weighted by Gasteiger charge is -2.32. The zero-order valence-electron chi connectivity index (χ0n) is 17.1. The summed E-state index contributed by atoms with van der Waals surface area (Å²) in [6.07, 6.45) is 4.71. The van der Waals surface area contributed by atoms with Gasteiger partial charge < -0.3 is 15.0 Å². The van der Waals surface area contributed by atoms with E-state index in [2.05, 4.69) is 40.5 Å². The molecule has 1 saturated carbocycles. The van der Waals surface area contributed by atoms with E-state index in [-0.39, 0.29) is 5.97 Å². The van der Waals surface area contributed by atoms with Crippen molar-refractivity contribution in [2.24, 2.45) is 5.92 Å². The molecule has 4 nitrogen and oxygen atoms in total. The second kappa shape index (κ2) is 10.0. The number of esters is 1. The smallest absolute Gasteiger partial charge is 0.338 e. The minimum absolute atomic E-state index is 0.218. The lowest BCUT2D eigenvalue weighted by atomic mass is 9.96. The largest absolute Gasteiger partial charge is 0.462 e. The van der Waals surface area contributed by atoms with Crippen molar-refractivity contribution in [1.29, 1.82) is 0 Å². The Morgan fingerprint density at radius 2 is 1.69 bits per heavy atom. The van der Waals surface area contributed by atoms with E-state index < -0.39 is 0 Å². The maximum atomic E-state index is 11.9. The Balaban J connectivity index is 1.06. The Labute approximate surface area is 174 Å². The molecule has 0 amide bonds. The number of carbonyl (C=O) groups is 1. The Morgan fingerprint density at radius 1 is 1.00 bits per heavy atom. The molecule has 4 rings (SSSR count). The van der Waals surface area contributed by atoms with Gasteiger partial charge in [0.2, 0.25) is 0 Å². The second-order valence-electron chi connectivity index (χ2n) is 8.41. The highest BCUT2D eigenvalue weighted by molar-refractivity contribution is 5.89. The maximum absolute atomic E-state index is 11.9. The highest BCUT2D eigenvalue weighted by Gasteiger charge is 2.38. The van der Waals surface area contributed by atoms with Gasteiger partial charge in [0, 0.05) is 18.5 Å². The molecule has 4 heteroatoms. The highest BCUT2D eigenvalue weighted by Crippen LogP contribution is 2.40. The highest BCUT2D eigenvalue weighted by atomic mass is 16.5. The minimum atomic E-state index is -0.218. The summed E-state index contributed by atoms with van der Waals surface area (Å²) in [6.45, 7) is 4.98. The fourth-order valence-corrected chi connectivity index (χ4v) is 4.33. The number of nitrogens with zero attached hydrogens (tertiary/aromatic N) is 1. The van der Waals surface area contributed by atoms with Crippen LogP contribution in [0.15, 0.2) is 60.7 Å². The van der Waals surface area contributed by atoms with Crippen LogP contribution in [-0.2, 0) is 4.74 Å². The van der Waals surface area contributed by atoms with Gasteiger partial charge >= 0.3 is 5.97 Å². The van der Waals surface area contributed by atoms with Crippen LogP contribution in [0.3, 0.4) is 0 Å². The summed E-state index contributed by atoms with van der Waals surface area (Å²) in [4.78, 5) is 14.5. The molecular weight excluding hydrogens is 360 g/mol. The molecule has 0 radical (unpaired) electrons.